The molecule has 0 radical (unpaired) electrons. The topological polar surface area (TPSA) is 125 Å². The lowest BCUT2D eigenvalue weighted by Gasteiger charge is -2.21. The van der Waals surface area contributed by atoms with E-state index in [4.69, 9.17) is 9.84 Å². The molecule has 2 aromatic carbocycles. The first-order valence-electron chi connectivity index (χ1n) is 11.7. The summed E-state index contributed by atoms with van der Waals surface area (Å²) >= 11 is 0. The van der Waals surface area contributed by atoms with Crippen LogP contribution in [-0.4, -0.2) is 54.0 Å². The van der Waals surface area contributed by atoms with E-state index in [1.807, 2.05) is 24.3 Å². The molecule has 8 heteroatoms. The standard InChI is InChI=1S/C26H30N2O6/c29-17(12-24(30)31)14-27-25(32)18-11-5-6-16(18)13-28-26(33)34-15-23-21-9-3-1-7-19(21)20-8-2-4-10-22(20)23/h1-4,7-10,16-18,23,29H,5-6,11-15H2,(H,27,32)(H,28,33)(H,30,31)/t16-,17?,18-/m0/s1. The van der Waals surface area contributed by atoms with Crippen molar-refractivity contribution in [2.24, 2.45) is 11.8 Å². The Balaban J connectivity index is 1.26. The Morgan fingerprint density at radius 3 is 2.26 bits per heavy atom. The molecule has 2 aliphatic carbocycles. The fourth-order valence-electron chi connectivity index (χ4n) is 5.11. The Morgan fingerprint density at radius 2 is 1.62 bits per heavy atom. The molecule has 0 heterocycles. The number of hydrogen-bond acceptors (Lipinski definition) is 5. The van der Waals surface area contributed by atoms with Crippen molar-refractivity contribution in [3.8, 4) is 11.1 Å². The van der Waals surface area contributed by atoms with Gasteiger partial charge in [-0.1, -0.05) is 55.0 Å². The number of carbonyl (C=O) groups excluding carboxylic acids is 2. The van der Waals surface area contributed by atoms with Gasteiger partial charge in [0.05, 0.1) is 12.5 Å². The second-order valence-electron chi connectivity index (χ2n) is 9.00. The van der Waals surface area contributed by atoms with Crippen LogP contribution in [0.25, 0.3) is 11.1 Å². The number of aliphatic hydroxyl groups excluding tert-OH is 1. The first kappa shape index (κ1) is 23.8. The third-order valence-electron chi connectivity index (χ3n) is 6.77. The number of aliphatic carboxylic acids is 1. The summed E-state index contributed by atoms with van der Waals surface area (Å²) < 4.78 is 5.57. The monoisotopic (exact) mass is 466 g/mol. The molecule has 4 N–H and O–H groups in total. The summed E-state index contributed by atoms with van der Waals surface area (Å²) in [4.78, 5) is 35.6. The molecule has 34 heavy (non-hydrogen) atoms. The third-order valence-corrected chi connectivity index (χ3v) is 6.77. The summed E-state index contributed by atoms with van der Waals surface area (Å²) in [7, 11) is 0. The van der Waals surface area contributed by atoms with E-state index >= 15 is 0 Å². The molecule has 8 nitrogen and oxygen atoms in total. The first-order valence-corrected chi connectivity index (χ1v) is 11.7. The maximum absolute atomic E-state index is 12.5. The van der Waals surface area contributed by atoms with Crippen LogP contribution in [0.1, 0.15) is 42.7 Å². The minimum Gasteiger partial charge on any atom is -0.481 e. The third kappa shape index (κ3) is 5.39. The number of amides is 2. The molecular formula is C26H30N2O6. The van der Waals surface area contributed by atoms with Crippen LogP contribution in [-0.2, 0) is 14.3 Å². The molecule has 1 unspecified atom stereocenters. The Kier molecular flexibility index (Phi) is 7.47. The van der Waals surface area contributed by atoms with Gasteiger partial charge in [-0.3, -0.25) is 9.59 Å². The minimum atomic E-state index is -1.12. The van der Waals surface area contributed by atoms with E-state index in [1.54, 1.807) is 0 Å². The van der Waals surface area contributed by atoms with E-state index in [0.29, 0.717) is 13.0 Å². The van der Waals surface area contributed by atoms with Crippen LogP contribution in [0.15, 0.2) is 48.5 Å². The van der Waals surface area contributed by atoms with Gasteiger partial charge in [0.2, 0.25) is 5.91 Å². The average Bonchev–Trinajstić information content (AvgIpc) is 3.42. The van der Waals surface area contributed by atoms with Crippen molar-refractivity contribution in [3.63, 3.8) is 0 Å². The van der Waals surface area contributed by atoms with Gasteiger partial charge in [0.25, 0.3) is 0 Å². The highest BCUT2D eigenvalue weighted by Crippen LogP contribution is 2.44. The van der Waals surface area contributed by atoms with Crippen molar-refractivity contribution in [1.82, 2.24) is 10.6 Å². The number of fused-ring (bicyclic) bond motifs is 3. The average molecular weight is 467 g/mol. The molecule has 3 atom stereocenters. The van der Waals surface area contributed by atoms with Crippen molar-refractivity contribution in [1.29, 1.82) is 0 Å². The largest absolute Gasteiger partial charge is 0.481 e. The number of alkyl carbamates (subject to hydrolysis) is 1. The second kappa shape index (κ2) is 10.7. The van der Waals surface area contributed by atoms with Gasteiger partial charge in [0, 0.05) is 24.9 Å². The molecule has 1 fully saturated rings. The van der Waals surface area contributed by atoms with Crippen molar-refractivity contribution in [3.05, 3.63) is 59.7 Å². The van der Waals surface area contributed by atoms with Gasteiger partial charge in [0.15, 0.2) is 0 Å². The number of carboxylic acids is 1. The van der Waals surface area contributed by atoms with Gasteiger partial charge in [-0.25, -0.2) is 4.79 Å². The number of carbonyl (C=O) groups is 3. The van der Waals surface area contributed by atoms with Crippen molar-refractivity contribution in [2.45, 2.75) is 37.7 Å². The molecule has 0 spiro atoms. The molecule has 0 aromatic heterocycles. The predicted octanol–water partition coefficient (Wildman–Crippen LogP) is 2.89. The van der Waals surface area contributed by atoms with Crippen LogP contribution in [0.5, 0.6) is 0 Å². The van der Waals surface area contributed by atoms with Gasteiger partial charge in [-0.2, -0.15) is 0 Å². The second-order valence-corrected chi connectivity index (χ2v) is 9.00. The smallest absolute Gasteiger partial charge is 0.407 e. The summed E-state index contributed by atoms with van der Waals surface area (Å²) in [5, 5.41) is 23.8. The zero-order chi connectivity index (χ0) is 24.1. The van der Waals surface area contributed by atoms with Crippen molar-refractivity contribution < 1.29 is 29.3 Å². The number of hydrogen-bond donors (Lipinski definition) is 4. The SMILES string of the molecule is O=C(O)CC(O)CNC(=O)[C@H]1CCC[C@H]1CNC(=O)OCC1c2ccccc2-c2ccccc21. The van der Waals surface area contributed by atoms with Gasteiger partial charge in [-0.15, -0.1) is 0 Å². The molecule has 0 aliphatic heterocycles. The minimum absolute atomic E-state index is 0.0135. The lowest BCUT2D eigenvalue weighted by atomic mass is 9.95. The van der Waals surface area contributed by atoms with Gasteiger partial charge < -0.3 is 25.6 Å². The van der Waals surface area contributed by atoms with Crippen LogP contribution >= 0.6 is 0 Å². The number of ether oxygens (including phenoxy) is 1. The van der Waals surface area contributed by atoms with E-state index in [-0.39, 0.29) is 36.8 Å². The zero-order valence-corrected chi connectivity index (χ0v) is 18.9. The van der Waals surface area contributed by atoms with Crippen molar-refractivity contribution in [2.75, 3.05) is 19.7 Å². The van der Waals surface area contributed by atoms with E-state index in [9.17, 15) is 19.5 Å². The quantitative estimate of drug-likeness (QED) is 0.450. The van der Waals surface area contributed by atoms with Crippen LogP contribution in [0.3, 0.4) is 0 Å². The van der Waals surface area contributed by atoms with Crippen LogP contribution in [0, 0.1) is 11.8 Å². The molecule has 2 aromatic rings. The van der Waals surface area contributed by atoms with Gasteiger partial charge >= 0.3 is 12.1 Å². The number of nitrogens with one attached hydrogen (secondary N) is 2. The molecule has 1 saturated carbocycles. The summed E-state index contributed by atoms with van der Waals surface area (Å²) in [6.45, 7) is 0.455. The van der Waals surface area contributed by atoms with Crippen LogP contribution < -0.4 is 10.6 Å². The lowest BCUT2D eigenvalue weighted by Crippen LogP contribution is -2.41. The molecule has 180 valence electrons. The van der Waals surface area contributed by atoms with E-state index in [0.717, 1.165) is 24.0 Å². The van der Waals surface area contributed by atoms with Crippen LogP contribution in [0.2, 0.25) is 0 Å². The molecular weight excluding hydrogens is 436 g/mol. The number of benzene rings is 2. The van der Waals surface area contributed by atoms with E-state index < -0.39 is 24.6 Å². The van der Waals surface area contributed by atoms with Crippen LogP contribution in [0.4, 0.5) is 4.79 Å². The van der Waals surface area contributed by atoms with Crippen molar-refractivity contribution >= 4 is 18.0 Å². The Labute approximate surface area is 198 Å². The number of carboxylic acid groups (broad SMARTS) is 1. The fraction of sp³-hybridized carbons (Fsp3) is 0.423. The molecule has 4 rings (SSSR count). The summed E-state index contributed by atoms with van der Waals surface area (Å²) in [5.41, 5.74) is 4.63. The Bertz CT molecular complexity index is 1010. The summed E-state index contributed by atoms with van der Waals surface area (Å²) in [6.07, 6.45) is 0.312. The van der Waals surface area contributed by atoms with Gasteiger partial charge in [0.1, 0.15) is 6.61 Å². The Hall–Kier alpha value is -3.39. The molecule has 0 bridgehead atoms. The number of aliphatic hydroxyl groups is 1. The maximum Gasteiger partial charge on any atom is 0.407 e. The first-order chi connectivity index (χ1) is 16.4. The highest BCUT2D eigenvalue weighted by Gasteiger charge is 2.34. The molecule has 2 aliphatic rings. The Morgan fingerprint density at radius 1 is 0.971 bits per heavy atom. The van der Waals surface area contributed by atoms with E-state index in [2.05, 4.69) is 34.9 Å². The summed E-state index contributed by atoms with van der Waals surface area (Å²) in [5.74, 6) is -1.67. The van der Waals surface area contributed by atoms with E-state index in [1.165, 1.54) is 11.1 Å². The van der Waals surface area contributed by atoms with Gasteiger partial charge in [-0.05, 0) is 41.0 Å². The normalized spacial score (nSPS) is 19.7. The molecule has 2 amide bonds. The molecule has 0 saturated heterocycles. The summed E-state index contributed by atoms with van der Waals surface area (Å²) in [6, 6.07) is 16.3. The maximum atomic E-state index is 12.5. The predicted molar refractivity (Wildman–Crippen MR) is 125 cm³/mol. The number of rotatable bonds is 9. The highest BCUT2D eigenvalue weighted by atomic mass is 16.5. The fourth-order valence-corrected chi connectivity index (χ4v) is 5.11. The lowest BCUT2D eigenvalue weighted by molar-refractivity contribution is -0.139. The zero-order valence-electron chi connectivity index (χ0n) is 18.9. The highest BCUT2D eigenvalue weighted by molar-refractivity contribution is 5.80.